The predicted octanol–water partition coefficient (Wildman–Crippen LogP) is 4.06. The van der Waals surface area contributed by atoms with Crippen molar-refractivity contribution in [1.29, 1.82) is 0 Å². The van der Waals surface area contributed by atoms with Crippen LogP contribution >= 0.6 is 0 Å². The first kappa shape index (κ1) is 12.7. The van der Waals surface area contributed by atoms with Crippen LogP contribution in [0.5, 0.6) is 0 Å². The molecule has 0 spiro atoms. The zero-order valence-electron chi connectivity index (χ0n) is 12.5. The molecule has 106 valence electrons. The Morgan fingerprint density at radius 1 is 0.952 bits per heavy atom. The summed E-state index contributed by atoms with van der Waals surface area (Å²) in [5.41, 5.74) is 5.43. The molecule has 2 heteroatoms. The summed E-state index contributed by atoms with van der Waals surface area (Å²) in [7, 11) is 2.22. The van der Waals surface area contributed by atoms with Gasteiger partial charge in [-0.25, -0.2) is 0 Å². The second-order valence-corrected chi connectivity index (χ2v) is 6.02. The summed E-state index contributed by atoms with van der Waals surface area (Å²) >= 11 is 0. The number of para-hydroxylation sites is 2. The summed E-state index contributed by atoms with van der Waals surface area (Å²) in [6.45, 7) is 3.21. The number of hydrogen-bond donors (Lipinski definition) is 0. The van der Waals surface area contributed by atoms with Gasteiger partial charge in [0.05, 0.1) is 6.17 Å². The van der Waals surface area contributed by atoms with Crippen molar-refractivity contribution in [3.05, 3.63) is 71.8 Å². The standard InChI is InChI=1S/C19H20N2/c1-14-8-3-5-11-17(14)21-18-12-6-4-9-15(18)16-10-7-13-20(2)19(16)21/h3-12,16,19H,13H2,1-2H3. The van der Waals surface area contributed by atoms with Crippen molar-refractivity contribution < 1.29 is 0 Å². The topological polar surface area (TPSA) is 6.48 Å². The quantitative estimate of drug-likeness (QED) is 0.725. The van der Waals surface area contributed by atoms with E-state index < -0.39 is 0 Å². The maximum absolute atomic E-state index is 2.51. The summed E-state index contributed by atoms with van der Waals surface area (Å²) in [5.74, 6) is 0.458. The van der Waals surface area contributed by atoms with Crippen molar-refractivity contribution in [2.45, 2.75) is 19.0 Å². The van der Waals surface area contributed by atoms with E-state index in [1.54, 1.807) is 0 Å². The monoisotopic (exact) mass is 276 g/mol. The van der Waals surface area contributed by atoms with Crippen LogP contribution in [0.25, 0.3) is 0 Å². The Kier molecular flexibility index (Phi) is 2.86. The zero-order chi connectivity index (χ0) is 14.4. The minimum Gasteiger partial charge on any atom is -0.324 e. The number of benzene rings is 2. The minimum absolute atomic E-state index is 0.383. The first-order valence-electron chi connectivity index (χ1n) is 7.58. The lowest BCUT2D eigenvalue weighted by molar-refractivity contribution is 0.250. The summed E-state index contributed by atoms with van der Waals surface area (Å²) in [5, 5.41) is 0. The number of nitrogens with zero attached hydrogens (tertiary/aromatic N) is 2. The van der Waals surface area contributed by atoms with Crippen LogP contribution in [0.3, 0.4) is 0 Å². The molecular weight excluding hydrogens is 256 g/mol. The van der Waals surface area contributed by atoms with Gasteiger partial charge in [0, 0.05) is 23.8 Å². The summed E-state index contributed by atoms with van der Waals surface area (Å²) in [4.78, 5) is 4.95. The lowest BCUT2D eigenvalue weighted by atomic mass is 9.95. The fourth-order valence-corrected chi connectivity index (χ4v) is 3.71. The van der Waals surface area contributed by atoms with Gasteiger partial charge in [-0.3, -0.25) is 4.90 Å². The second kappa shape index (κ2) is 4.74. The first-order chi connectivity index (χ1) is 10.3. The Morgan fingerprint density at radius 2 is 1.67 bits per heavy atom. The van der Waals surface area contributed by atoms with E-state index in [1.165, 1.54) is 22.5 Å². The fraction of sp³-hybridized carbons (Fsp3) is 0.263. The van der Waals surface area contributed by atoms with Crippen molar-refractivity contribution in [2.24, 2.45) is 0 Å². The van der Waals surface area contributed by atoms with Crippen LogP contribution in [0.1, 0.15) is 17.0 Å². The van der Waals surface area contributed by atoms with E-state index in [-0.39, 0.29) is 0 Å². The number of rotatable bonds is 1. The molecular formula is C19H20N2. The van der Waals surface area contributed by atoms with Crippen molar-refractivity contribution in [1.82, 2.24) is 4.90 Å². The zero-order valence-corrected chi connectivity index (χ0v) is 12.5. The molecule has 0 radical (unpaired) electrons. The van der Waals surface area contributed by atoms with Crippen LogP contribution in [0.4, 0.5) is 11.4 Å². The van der Waals surface area contributed by atoms with Gasteiger partial charge in [0.15, 0.2) is 0 Å². The minimum atomic E-state index is 0.383. The molecule has 0 N–H and O–H groups in total. The van der Waals surface area contributed by atoms with Crippen LogP contribution in [0.2, 0.25) is 0 Å². The van der Waals surface area contributed by atoms with Gasteiger partial charge in [-0.1, -0.05) is 48.6 Å². The number of hydrogen-bond acceptors (Lipinski definition) is 2. The summed E-state index contributed by atoms with van der Waals surface area (Å²) in [6, 6.07) is 17.5. The van der Waals surface area contributed by atoms with Gasteiger partial charge in [0.25, 0.3) is 0 Å². The molecule has 2 heterocycles. The van der Waals surface area contributed by atoms with E-state index in [4.69, 9.17) is 0 Å². The van der Waals surface area contributed by atoms with Gasteiger partial charge in [-0.2, -0.15) is 0 Å². The van der Waals surface area contributed by atoms with Crippen molar-refractivity contribution in [3.63, 3.8) is 0 Å². The highest BCUT2D eigenvalue weighted by atomic mass is 15.4. The smallest absolute Gasteiger partial charge is 0.0975 e. The molecule has 2 aliphatic heterocycles. The number of fused-ring (bicyclic) bond motifs is 3. The highest BCUT2D eigenvalue weighted by molar-refractivity contribution is 5.75. The molecule has 0 saturated carbocycles. The van der Waals surface area contributed by atoms with Crippen molar-refractivity contribution in [3.8, 4) is 0 Å². The molecule has 0 saturated heterocycles. The maximum atomic E-state index is 2.51. The molecule has 2 unspecified atom stereocenters. The molecule has 21 heavy (non-hydrogen) atoms. The van der Waals surface area contributed by atoms with Crippen LogP contribution in [-0.2, 0) is 0 Å². The first-order valence-corrected chi connectivity index (χ1v) is 7.58. The van der Waals surface area contributed by atoms with E-state index in [2.05, 4.69) is 84.5 Å². The van der Waals surface area contributed by atoms with E-state index in [0.29, 0.717) is 12.1 Å². The summed E-state index contributed by atoms with van der Waals surface area (Å²) in [6.07, 6.45) is 5.05. The predicted molar refractivity (Wildman–Crippen MR) is 88.1 cm³/mol. The van der Waals surface area contributed by atoms with E-state index in [9.17, 15) is 0 Å². The molecule has 2 nitrogen and oxygen atoms in total. The third-order valence-corrected chi connectivity index (χ3v) is 4.70. The van der Waals surface area contributed by atoms with E-state index in [0.717, 1.165) is 6.54 Å². The molecule has 0 aliphatic carbocycles. The molecule has 0 fully saturated rings. The van der Waals surface area contributed by atoms with Crippen LogP contribution < -0.4 is 4.90 Å². The molecule has 0 amide bonds. The van der Waals surface area contributed by atoms with Gasteiger partial charge in [0.2, 0.25) is 0 Å². The van der Waals surface area contributed by atoms with E-state index in [1.807, 2.05) is 0 Å². The summed E-state index contributed by atoms with van der Waals surface area (Å²) < 4.78 is 0. The molecule has 2 aromatic carbocycles. The number of anilines is 2. The second-order valence-electron chi connectivity index (χ2n) is 6.02. The molecule has 2 atom stereocenters. The SMILES string of the molecule is Cc1ccccc1N1c2ccccc2C2C=CCN(C)C21. The van der Waals surface area contributed by atoms with Crippen LogP contribution in [0, 0.1) is 6.92 Å². The average Bonchev–Trinajstić information content (AvgIpc) is 2.84. The molecule has 2 aromatic rings. The van der Waals surface area contributed by atoms with Crippen LogP contribution in [0.15, 0.2) is 60.7 Å². The van der Waals surface area contributed by atoms with Gasteiger partial charge < -0.3 is 4.90 Å². The third kappa shape index (κ3) is 1.83. The molecule has 4 rings (SSSR count). The average molecular weight is 276 g/mol. The maximum Gasteiger partial charge on any atom is 0.0975 e. The Balaban J connectivity index is 1.93. The largest absolute Gasteiger partial charge is 0.324 e. The lowest BCUT2D eigenvalue weighted by Gasteiger charge is -2.38. The highest BCUT2D eigenvalue weighted by Gasteiger charge is 2.41. The normalized spacial score (nSPS) is 24.0. The Bertz CT molecular complexity index is 704. The fourth-order valence-electron chi connectivity index (χ4n) is 3.71. The Morgan fingerprint density at radius 3 is 2.48 bits per heavy atom. The lowest BCUT2D eigenvalue weighted by Crippen LogP contribution is -2.46. The molecule has 2 aliphatic rings. The number of likely N-dealkylation sites (N-methyl/N-ethyl adjacent to an activating group) is 1. The van der Waals surface area contributed by atoms with E-state index >= 15 is 0 Å². The molecule has 0 aromatic heterocycles. The Labute approximate surface area is 126 Å². The third-order valence-electron chi connectivity index (χ3n) is 4.70. The number of aryl methyl sites for hydroxylation is 1. The van der Waals surface area contributed by atoms with Gasteiger partial charge in [-0.05, 0) is 37.2 Å². The van der Waals surface area contributed by atoms with Gasteiger partial charge in [0.1, 0.15) is 0 Å². The van der Waals surface area contributed by atoms with Gasteiger partial charge in [-0.15, -0.1) is 0 Å². The Hall–Kier alpha value is -2.06. The van der Waals surface area contributed by atoms with Crippen molar-refractivity contribution in [2.75, 3.05) is 18.5 Å². The van der Waals surface area contributed by atoms with Gasteiger partial charge >= 0.3 is 0 Å². The van der Waals surface area contributed by atoms with Crippen molar-refractivity contribution >= 4 is 11.4 Å². The highest BCUT2D eigenvalue weighted by Crippen LogP contribution is 2.48. The molecule has 0 bridgehead atoms. The van der Waals surface area contributed by atoms with Crippen LogP contribution in [-0.4, -0.2) is 24.7 Å².